The van der Waals surface area contributed by atoms with E-state index in [9.17, 15) is 4.79 Å². The fraction of sp³-hybridized carbons (Fsp3) is 0.667. The molecule has 3 heterocycles. The van der Waals surface area contributed by atoms with Gasteiger partial charge in [-0.2, -0.15) is 4.52 Å². The molecule has 0 saturated carbocycles. The van der Waals surface area contributed by atoms with Crippen LogP contribution in [-0.4, -0.2) is 70.2 Å². The van der Waals surface area contributed by atoms with Crippen molar-refractivity contribution in [2.24, 2.45) is 0 Å². The summed E-state index contributed by atoms with van der Waals surface area (Å²) >= 11 is 1.43. The minimum absolute atomic E-state index is 0.108. The second kappa shape index (κ2) is 6.94. The number of nitrogens with one attached hydrogen (secondary N) is 1. The molecule has 0 radical (unpaired) electrons. The van der Waals surface area contributed by atoms with E-state index in [-0.39, 0.29) is 11.6 Å². The molecule has 0 bridgehead atoms. The predicted octanol–water partition coefficient (Wildman–Crippen LogP) is 0.761. The summed E-state index contributed by atoms with van der Waals surface area (Å²) in [5.41, 5.74) is 0.707. The van der Waals surface area contributed by atoms with Crippen LogP contribution < -0.4 is 10.9 Å². The zero-order chi connectivity index (χ0) is 16.4. The first-order chi connectivity index (χ1) is 11.0. The van der Waals surface area contributed by atoms with Gasteiger partial charge in [-0.05, 0) is 20.4 Å². The Labute approximate surface area is 139 Å². The molecular weight excluding hydrogens is 312 g/mol. The normalized spacial score (nSPS) is 18.4. The molecule has 2 aromatic rings. The maximum absolute atomic E-state index is 12.0. The van der Waals surface area contributed by atoms with Crippen LogP contribution in [0.2, 0.25) is 0 Å². The van der Waals surface area contributed by atoms with E-state index >= 15 is 0 Å². The number of fused-ring (bicyclic) bond motifs is 1. The van der Waals surface area contributed by atoms with E-state index in [1.54, 1.807) is 6.07 Å². The molecule has 1 unspecified atom stereocenters. The van der Waals surface area contributed by atoms with E-state index in [2.05, 4.69) is 39.2 Å². The van der Waals surface area contributed by atoms with Crippen LogP contribution in [0.25, 0.3) is 4.96 Å². The molecule has 8 heteroatoms. The van der Waals surface area contributed by atoms with E-state index in [1.807, 2.05) is 6.92 Å². The van der Waals surface area contributed by atoms with Crippen molar-refractivity contribution in [1.82, 2.24) is 24.4 Å². The summed E-state index contributed by atoms with van der Waals surface area (Å²) in [5, 5.41) is 8.52. The monoisotopic (exact) mass is 336 g/mol. The summed E-state index contributed by atoms with van der Waals surface area (Å²) in [7, 11) is 2.16. The van der Waals surface area contributed by atoms with Crippen molar-refractivity contribution in [2.45, 2.75) is 26.3 Å². The smallest absolute Gasteiger partial charge is 0.275 e. The van der Waals surface area contributed by atoms with Crippen molar-refractivity contribution in [1.29, 1.82) is 0 Å². The van der Waals surface area contributed by atoms with Gasteiger partial charge in [0.1, 0.15) is 0 Å². The van der Waals surface area contributed by atoms with Crippen LogP contribution in [0.1, 0.15) is 19.5 Å². The third kappa shape index (κ3) is 3.88. The largest absolute Gasteiger partial charge is 0.356 e. The van der Waals surface area contributed by atoms with Gasteiger partial charge in [-0.3, -0.25) is 9.69 Å². The summed E-state index contributed by atoms with van der Waals surface area (Å²) < 4.78 is 1.38. The first kappa shape index (κ1) is 16.4. The summed E-state index contributed by atoms with van der Waals surface area (Å²) in [6.07, 6.45) is 0.756. The highest BCUT2D eigenvalue weighted by molar-refractivity contribution is 7.20. The van der Waals surface area contributed by atoms with Gasteiger partial charge in [0.15, 0.2) is 0 Å². The zero-order valence-electron chi connectivity index (χ0n) is 13.9. The molecular formula is C15H24N6OS. The van der Waals surface area contributed by atoms with Gasteiger partial charge in [0.2, 0.25) is 10.1 Å². The van der Waals surface area contributed by atoms with Crippen LogP contribution in [0.15, 0.2) is 10.9 Å². The van der Waals surface area contributed by atoms with Gasteiger partial charge < -0.3 is 10.2 Å². The number of nitrogens with zero attached hydrogens (tertiary/aromatic N) is 5. The van der Waals surface area contributed by atoms with Crippen molar-refractivity contribution in [3.05, 3.63) is 22.1 Å². The molecule has 1 aliphatic heterocycles. The SMILES string of the molecule is CCc1cc(=O)n2nc(NC(C)CN3CCN(C)CC3)sc2n1. The minimum atomic E-state index is -0.108. The third-order valence-electron chi connectivity index (χ3n) is 4.16. The maximum Gasteiger partial charge on any atom is 0.275 e. The third-order valence-corrected chi connectivity index (χ3v) is 5.00. The molecule has 0 aliphatic carbocycles. The summed E-state index contributed by atoms with van der Waals surface area (Å²) in [6, 6.07) is 1.84. The molecule has 23 heavy (non-hydrogen) atoms. The Balaban J connectivity index is 1.66. The summed E-state index contributed by atoms with van der Waals surface area (Å²) in [6.45, 7) is 9.56. The second-order valence-electron chi connectivity index (χ2n) is 6.19. The van der Waals surface area contributed by atoms with Crippen LogP contribution in [-0.2, 0) is 6.42 Å². The van der Waals surface area contributed by atoms with Crippen molar-refractivity contribution < 1.29 is 0 Å². The quantitative estimate of drug-likeness (QED) is 0.870. The molecule has 1 atom stereocenters. The van der Waals surface area contributed by atoms with Crippen molar-refractivity contribution in [2.75, 3.05) is 45.1 Å². The Morgan fingerprint density at radius 2 is 2.09 bits per heavy atom. The highest BCUT2D eigenvalue weighted by Gasteiger charge is 2.17. The van der Waals surface area contributed by atoms with Crippen molar-refractivity contribution in [3.63, 3.8) is 0 Å². The molecule has 0 spiro atoms. The predicted molar refractivity (Wildman–Crippen MR) is 93.5 cm³/mol. The van der Waals surface area contributed by atoms with Crippen LogP contribution in [0.5, 0.6) is 0 Å². The highest BCUT2D eigenvalue weighted by Crippen LogP contribution is 2.18. The van der Waals surface area contributed by atoms with Gasteiger partial charge in [-0.15, -0.1) is 5.10 Å². The molecule has 1 fully saturated rings. The molecule has 0 amide bonds. The number of hydrogen-bond acceptors (Lipinski definition) is 7. The number of rotatable bonds is 5. The Morgan fingerprint density at radius 1 is 1.35 bits per heavy atom. The zero-order valence-corrected chi connectivity index (χ0v) is 14.8. The number of aromatic nitrogens is 3. The van der Waals surface area contributed by atoms with E-state index in [1.165, 1.54) is 15.9 Å². The van der Waals surface area contributed by atoms with Crippen molar-refractivity contribution >= 4 is 21.4 Å². The van der Waals surface area contributed by atoms with E-state index in [4.69, 9.17) is 0 Å². The Bertz CT molecular complexity index is 718. The average Bonchev–Trinajstić information content (AvgIpc) is 2.92. The lowest BCUT2D eigenvalue weighted by Crippen LogP contribution is -2.47. The van der Waals surface area contributed by atoms with E-state index < -0.39 is 0 Å². The van der Waals surface area contributed by atoms with Gasteiger partial charge in [-0.1, -0.05) is 18.3 Å². The fourth-order valence-corrected chi connectivity index (χ4v) is 3.71. The number of anilines is 1. The Hall–Kier alpha value is -1.51. The van der Waals surface area contributed by atoms with Crippen LogP contribution in [0.3, 0.4) is 0 Å². The lowest BCUT2D eigenvalue weighted by molar-refractivity contribution is 0.151. The molecule has 1 saturated heterocycles. The maximum atomic E-state index is 12.0. The van der Waals surface area contributed by atoms with E-state index in [0.29, 0.717) is 4.96 Å². The molecule has 2 aromatic heterocycles. The molecule has 126 valence electrons. The standard InChI is InChI=1S/C15H24N6OS/c1-4-12-9-13(22)21-15(17-12)23-14(18-21)16-11(2)10-20-7-5-19(3)6-8-20/h9,11H,4-8,10H2,1-3H3,(H,16,18). The Morgan fingerprint density at radius 3 is 2.78 bits per heavy atom. The number of aryl methyl sites for hydroxylation is 1. The van der Waals surface area contributed by atoms with E-state index in [0.717, 1.165) is 50.0 Å². The van der Waals surface area contributed by atoms with Crippen LogP contribution in [0.4, 0.5) is 5.13 Å². The van der Waals surface area contributed by atoms with Crippen LogP contribution >= 0.6 is 11.3 Å². The first-order valence-corrected chi connectivity index (χ1v) is 8.94. The van der Waals surface area contributed by atoms with Gasteiger partial charge in [0.05, 0.1) is 0 Å². The lowest BCUT2D eigenvalue weighted by Gasteiger charge is -2.33. The number of likely N-dealkylation sites (N-methyl/N-ethyl adjacent to an activating group) is 1. The Kier molecular flexibility index (Phi) is 4.93. The highest BCUT2D eigenvalue weighted by atomic mass is 32.1. The number of hydrogen-bond donors (Lipinski definition) is 1. The average molecular weight is 336 g/mol. The topological polar surface area (TPSA) is 65.8 Å². The lowest BCUT2D eigenvalue weighted by atomic mass is 10.2. The number of piperazine rings is 1. The summed E-state index contributed by atoms with van der Waals surface area (Å²) in [4.78, 5) is 22.0. The second-order valence-corrected chi connectivity index (χ2v) is 7.15. The van der Waals surface area contributed by atoms with Gasteiger partial charge in [-0.25, -0.2) is 4.98 Å². The van der Waals surface area contributed by atoms with Crippen molar-refractivity contribution in [3.8, 4) is 0 Å². The van der Waals surface area contributed by atoms with Gasteiger partial charge in [0.25, 0.3) is 5.56 Å². The molecule has 0 aromatic carbocycles. The van der Waals surface area contributed by atoms with Gasteiger partial charge in [0, 0.05) is 50.5 Å². The first-order valence-electron chi connectivity index (χ1n) is 8.12. The van der Waals surface area contributed by atoms with Gasteiger partial charge >= 0.3 is 0 Å². The summed E-state index contributed by atoms with van der Waals surface area (Å²) in [5.74, 6) is 0. The minimum Gasteiger partial charge on any atom is -0.356 e. The molecule has 7 nitrogen and oxygen atoms in total. The molecule has 3 rings (SSSR count). The van der Waals surface area contributed by atoms with Crippen LogP contribution in [0, 0.1) is 0 Å². The molecule has 1 aliphatic rings. The fourth-order valence-electron chi connectivity index (χ4n) is 2.77. The molecule has 1 N–H and O–H groups in total.